The van der Waals surface area contributed by atoms with Crippen LogP contribution in [-0.2, 0) is 4.79 Å². The molecule has 1 aromatic carbocycles. The van der Waals surface area contributed by atoms with Crippen molar-refractivity contribution in [3.05, 3.63) is 24.3 Å². The van der Waals surface area contributed by atoms with Gasteiger partial charge in [-0.2, -0.15) is 0 Å². The van der Waals surface area contributed by atoms with Gasteiger partial charge in [0, 0.05) is 5.56 Å². The Bertz CT molecular complexity index is 566. The SMILES string of the molecule is COc1ccc(-c2nnc(NC(=O)C(C)Br)o2)cc1. The maximum Gasteiger partial charge on any atom is 0.322 e. The fourth-order valence-electron chi connectivity index (χ4n) is 1.33. The van der Waals surface area contributed by atoms with Crippen molar-refractivity contribution < 1.29 is 13.9 Å². The number of hydrogen-bond donors (Lipinski definition) is 1. The summed E-state index contributed by atoms with van der Waals surface area (Å²) < 4.78 is 10.4. The Morgan fingerprint density at radius 1 is 1.37 bits per heavy atom. The number of carbonyl (C=O) groups is 1. The number of ether oxygens (including phenoxy) is 1. The molecule has 0 spiro atoms. The van der Waals surface area contributed by atoms with E-state index in [1.807, 2.05) is 0 Å². The van der Waals surface area contributed by atoms with Crippen LogP contribution in [0, 0.1) is 0 Å². The number of benzene rings is 1. The normalized spacial score (nSPS) is 11.9. The van der Waals surface area contributed by atoms with Gasteiger partial charge in [0.05, 0.1) is 11.9 Å². The maximum absolute atomic E-state index is 11.4. The molecule has 2 rings (SSSR count). The second kappa shape index (κ2) is 5.83. The van der Waals surface area contributed by atoms with E-state index in [1.165, 1.54) is 0 Å². The quantitative estimate of drug-likeness (QED) is 0.874. The highest BCUT2D eigenvalue weighted by Crippen LogP contribution is 2.22. The topological polar surface area (TPSA) is 77.3 Å². The second-order valence-electron chi connectivity index (χ2n) is 3.75. The first kappa shape index (κ1) is 13.5. The van der Waals surface area contributed by atoms with Crippen molar-refractivity contribution in [3.8, 4) is 17.2 Å². The van der Waals surface area contributed by atoms with Crippen molar-refractivity contribution in [3.63, 3.8) is 0 Å². The molecule has 1 atom stereocenters. The highest BCUT2D eigenvalue weighted by atomic mass is 79.9. The van der Waals surface area contributed by atoms with Crippen LogP contribution in [0.1, 0.15) is 6.92 Å². The molecular formula is C12H12BrN3O3. The Hall–Kier alpha value is -1.89. The molecule has 1 unspecified atom stereocenters. The van der Waals surface area contributed by atoms with E-state index in [1.54, 1.807) is 38.3 Å². The van der Waals surface area contributed by atoms with Crippen LogP contribution >= 0.6 is 15.9 Å². The first-order chi connectivity index (χ1) is 9.10. The van der Waals surface area contributed by atoms with E-state index < -0.39 is 0 Å². The molecule has 0 saturated carbocycles. The molecule has 1 amide bonds. The molecule has 1 N–H and O–H groups in total. The molecule has 0 aliphatic carbocycles. The summed E-state index contributed by atoms with van der Waals surface area (Å²) in [7, 11) is 1.59. The lowest BCUT2D eigenvalue weighted by molar-refractivity contribution is -0.115. The molecule has 0 saturated heterocycles. The van der Waals surface area contributed by atoms with Crippen LogP contribution < -0.4 is 10.1 Å². The number of hydrogen-bond acceptors (Lipinski definition) is 5. The Morgan fingerprint density at radius 2 is 2.05 bits per heavy atom. The lowest BCUT2D eigenvalue weighted by atomic mass is 10.2. The Labute approximate surface area is 118 Å². The zero-order chi connectivity index (χ0) is 13.8. The number of nitrogens with one attached hydrogen (secondary N) is 1. The Balaban J connectivity index is 2.13. The van der Waals surface area contributed by atoms with E-state index in [4.69, 9.17) is 9.15 Å². The average Bonchev–Trinajstić information content (AvgIpc) is 2.87. The molecule has 0 aliphatic heterocycles. The summed E-state index contributed by atoms with van der Waals surface area (Å²) in [5.41, 5.74) is 0.751. The number of amides is 1. The fourth-order valence-corrected chi connectivity index (χ4v) is 1.44. The minimum absolute atomic E-state index is 0.0714. The Morgan fingerprint density at radius 3 is 2.63 bits per heavy atom. The van der Waals surface area contributed by atoms with Crippen molar-refractivity contribution >= 4 is 27.9 Å². The zero-order valence-corrected chi connectivity index (χ0v) is 12.0. The largest absolute Gasteiger partial charge is 0.497 e. The van der Waals surface area contributed by atoms with Gasteiger partial charge in [-0.1, -0.05) is 21.0 Å². The van der Waals surface area contributed by atoms with Gasteiger partial charge in [0.1, 0.15) is 5.75 Å². The van der Waals surface area contributed by atoms with Gasteiger partial charge in [0.15, 0.2) is 0 Å². The molecule has 0 fully saturated rings. The van der Waals surface area contributed by atoms with Crippen molar-refractivity contribution in [1.29, 1.82) is 0 Å². The van der Waals surface area contributed by atoms with Crippen LogP contribution in [0.3, 0.4) is 0 Å². The highest BCUT2D eigenvalue weighted by Gasteiger charge is 2.14. The van der Waals surface area contributed by atoms with E-state index >= 15 is 0 Å². The van der Waals surface area contributed by atoms with Crippen LogP contribution in [0.2, 0.25) is 0 Å². The smallest absolute Gasteiger partial charge is 0.322 e. The third-order valence-corrected chi connectivity index (χ3v) is 2.77. The molecule has 1 aromatic heterocycles. The van der Waals surface area contributed by atoms with Gasteiger partial charge in [-0.15, -0.1) is 5.10 Å². The lowest BCUT2D eigenvalue weighted by Crippen LogP contribution is -2.19. The molecule has 0 radical (unpaired) electrons. The van der Waals surface area contributed by atoms with E-state index in [-0.39, 0.29) is 16.7 Å². The number of halogens is 1. The fraction of sp³-hybridized carbons (Fsp3) is 0.250. The van der Waals surface area contributed by atoms with Crippen molar-refractivity contribution in [2.75, 3.05) is 12.4 Å². The van der Waals surface area contributed by atoms with Crippen LogP contribution in [0.25, 0.3) is 11.5 Å². The first-order valence-corrected chi connectivity index (χ1v) is 6.44. The van der Waals surface area contributed by atoms with Gasteiger partial charge in [0.2, 0.25) is 11.8 Å². The summed E-state index contributed by atoms with van der Waals surface area (Å²) in [6, 6.07) is 7.24. The highest BCUT2D eigenvalue weighted by molar-refractivity contribution is 9.10. The number of anilines is 1. The molecular weight excluding hydrogens is 314 g/mol. The van der Waals surface area contributed by atoms with E-state index in [0.717, 1.165) is 11.3 Å². The van der Waals surface area contributed by atoms with Crippen LogP contribution in [0.4, 0.5) is 6.01 Å². The van der Waals surface area contributed by atoms with E-state index in [2.05, 4.69) is 31.4 Å². The zero-order valence-electron chi connectivity index (χ0n) is 10.4. The predicted octanol–water partition coefficient (Wildman–Crippen LogP) is 2.47. The number of aromatic nitrogens is 2. The van der Waals surface area contributed by atoms with Gasteiger partial charge in [-0.05, 0) is 31.2 Å². The molecule has 1 heterocycles. The summed E-state index contributed by atoms with van der Waals surface area (Å²) in [5, 5.41) is 10.1. The first-order valence-electron chi connectivity index (χ1n) is 5.53. The third kappa shape index (κ3) is 3.31. The van der Waals surface area contributed by atoms with Crippen LogP contribution in [-0.4, -0.2) is 28.0 Å². The summed E-state index contributed by atoms with van der Waals surface area (Å²) in [6.45, 7) is 1.70. The monoisotopic (exact) mass is 325 g/mol. The predicted molar refractivity (Wildman–Crippen MR) is 73.3 cm³/mol. The van der Waals surface area contributed by atoms with E-state index in [9.17, 15) is 4.79 Å². The molecule has 2 aromatic rings. The van der Waals surface area contributed by atoms with Gasteiger partial charge < -0.3 is 9.15 Å². The van der Waals surface area contributed by atoms with Crippen LogP contribution in [0.5, 0.6) is 5.75 Å². The molecule has 100 valence electrons. The number of alkyl halides is 1. The van der Waals surface area contributed by atoms with Crippen molar-refractivity contribution in [2.45, 2.75) is 11.8 Å². The minimum Gasteiger partial charge on any atom is -0.497 e. The third-order valence-electron chi connectivity index (χ3n) is 2.35. The summed E-state index contributed by atoms with van der Waals surface area (Å²) in [5.74, 6) is 0.829. The molecule has 0 aliphatic rings. The Kier molecular flexibility index (Phi) is 4.16. The number of nitrogens with zero attached hydrogens (tertiary/aromatic N) is 2. The van der Waals surface area contributed by atoms with E-state index in [0.29, 0.717) is 5.89 Å². The van der Waals surface area contributed by atoms with Crippen molar-refractivity contribution in [2.24, 2.45) is 0 Å². The van der Waals surface area contributed by atoms with Gasteiger partial charge >= 0.3 is 6.01 Å². The summed E-state index contributed by atoms with van der Waals surface area (Å²) in [6.07, 6.45) is 0. The minimum atomic E-state index is -0.330. The summed E-state index contributed by atoms with van der Waals surface area (Å²) >= 11 is 3.15. The van der Waals surface area contributed by atoms with Gasteiger partial charge in [-0.25, -0.2) is 0 Å². The molecule has 19 heavy (non-hydrogen) atoms. The van der Waals surface area contributed by atoms with Crippen molar-refractivity contribution in [1.82, 2.24) is 10.2 Å². The standard InChI is InChI=1S/C12H12BrN3O3/c1-7(13)10(17)14-12-16-15-11(19-12)8-3-5-9(18-2)6-4-8/h3-7H,1-2H3,(H,14,16,17). The average molecular weight is 326 g/mol. The number of rotatable bonds is 4. The van der Waals surface area contributed by atoms with Crippen LogP contribution in [0.15, 0.2) is 28.7 Å². The molecule has 0 bridgehead atoms. The maximum atomic E-state index is 11.4. The molecule has 7 heteroatoms. The number of carbonyl (C=O) groups excluding carboxylic acids is 1. The lowest BCUT2D eigenvalue weighted by Gasteiger charge is -2.01. The molecule has 6 nitrogen and oxygen atoms in total. The second-order valence-corrected chi connectivity index (χ2v) is 5.12. The summed E-state index contributed by atoms with van der Waals surface area (Å²) in [4.78, 5) is 11.1. The van der Waals surface area contributed by atoms with Gasteiger partial charge in [-0.3, -0.25) is 10.1 Å². The van der Waals surface area contributed by atoms with Gasteiger partial charge in [0.25, 0.3) is 0 Å². The number of methoxy groups -OCH3 is 1.